The summed E-state index contributed by atoms with van der Waals surface area (Å²) in [5, 5.41) is 4.30. The molecule has 1 aliphatic heterocycles. The lowest BCUT2D eigenvalue weighted by atomic mass is 9.94. The Bertz CT molecular complexity index is 1200. The van der Waals surface area contributed by atoms with Crippen molar-refractivity contribution in [2.24, 2.45) is 5.73 Å². The van der Waals surface area contributed by atoms with E-state index in [2.05, 4.69) is 5.32 Å². The number of hydrogen-bond acceptors (Lipinski definition) is 4. The number of primary amides is 1. The van der Waals surface area contributed by atoms with Crippen molar-refractivity contribution >= 4 is 40.1 Å². The number of nitrogens with two attached hydrogens (primary N) is 1. The quantitative estimate of drug-likeness (QED) is 0.602. The van der Waals surface area contributed by atoms with Crippen LogP contribution in [-0.4, -0.2) is 35.1 Å². The Balaban J connectivity index is 1.40. The molecule has 3 aromatic rings. The Hall–Kier alpha value is -4.00. The Morgan fingerprint density at radius 1 is 0.968 bits per heavy atom. The Labute approximate surface area is 178 Å². The van der Waals surface area contributed by atoms with E-state index in [1.165, 1.54) is 4.90 Å². The van der Waals surface area contributed by atoms with Crippen LogP contribution in [0.1, 0.15) is 49.5 Å². The Kier molecular flexibility index (Phi) is 5.25. The van der Waals surface area contributed by atoms with Crippen molar-refractivity contribution in [2.45, 2.75) is 19.8 Å². The zero-order valence-corrected chi connectivity index (χ0v) is 17.0. The third kappa shape index (κ3) is 3.77. The van der Waals surface area contributed by atoms with Gasteiger partial charge in [0.15, 0.2) is 0 Å². The first kappa shape index (κ1) is 20.3. The SMILES string of the molecule is Cc1cc(NC(=O)CCCN2C(=O)c3cccc4cccc(c34)C2=O)ccc1C(N)=O. The number of hydrogen-bond donors (Lipinski definition) is 2. The number of nitrogens with zero attached hydrogens (tertiary/aromatic N) is 1. The van der Waals surface area contributed by atoms with Crippen molar-refractivity contribution in [3.8, 4) is 0 Å². The number of benzene rings is 3. The standard InChI is InChI=1S/C24H21N3O4/c1-14-13-16(10-11-17(14)22(25)29)26-20(28)9-4-12-27-23(30)18-7-2-5-15-6-3-8-19(21(15)18)24(27)31/h2-3,5-8,10-11,13H,4,9,12H2,1H3,(H2,25,29)(H,26,28). The van der Waals surface area contributed by atoms with E-state index in [9.17, 15) is 19.2 Å². The molecule has 0 aromatic heterocycles. The van der Waals surface area contributed by atoms with Gasteiger partial charge in [0.2, 0.25) is 11.8 Å². The maximum Gasteiger partial charge on any atom is 0.261 e. The van der Waals surface area contributed by atoms with Crippen molar-refractivity contribution in [3.63, 3.8) is 0 Å². The monoisotopic (exact) mass is 415 g/mol. The fourth-order valence-corrected chi connectivity index (χ4v) is 3.92. The molecule has 0 atom stereocenters. The molecular weight excluding hydrogens is 394 g/mol. The predicted octanol–water partition coefficient (Wildman–Crippen LogP) is 3.26. The molecule has 0 spiro atoms. The summed E-state index contributed by atoms with van der Waals surface area (Å²) >= 11 is 0. The molecule has 1 heterocycles. The van der Waals surface area contributed by atoms with Crippen LogP contribution in [0.5, 0.6) is 0 Å². The van der Waals surface area contributed by atoms with E-state index in [4.69, 9.17) is 5.73 Å². The van der Waals surface area contributed by atoms with Gasteiger partial charge in [-0.25, -0.2) is 0 Å². The van der Waals surface area contributed by atoms with E-state index < -0.39 is 5.91 Å². The highest BCUT2D eigenvalue weighted by Gasteiger charge is 2.32. The Morgan fingerprint density at radius 3 is 2.19 bits per heavy atom. The fourth-order valence-electron chi connectivity index (χ4n) is 3.92. The van der Waals surface area contributed by atoms with Gasteiger partial charge < -0.3 is 11.1 Å². The van der Waals surface area contributed by atoms with Crippen molar-refractivity contribution in [2.75, 3.05) is 11.9 Å². The minimum Gasteiger partial charge on any atom is -0.366 e. The number of rotatable bonds is 6. The van der Waals surface area contributed by atoms with E-state index in [0.717, 1.165) is 5.39 Å². The minimum atomic E-state index is -0.525. The second-order valence-corrected chi connectivity index (χ2v) is 7.52. The van der Waals surface area contributed by atoms with Crippen molar-refractivity contribution in [1.29, 1.82) is 0 Å². The molecule has 31 heavy (non-hydrogen) atoms. The first-order valence-electron chi connectivity index (χ1n) is 9.95. The number of nitrogens with one attached hydrogen (secondary N) is 1. The highest BCUT2D eigenvalue weighted by atomic mass is 16.2. The van der Waals surface area contributed by atoms with Gasteiger partial charge in [0.1, 0.15) is 0 Å². The summed E-state index contributed by atoms with van der Waals surface area (Å²) in [5.74, 6) is -1.45. The lowest BCUT2D eigenvalue weighted by Gasteiger charge is -2.27. The molecule has 3 aromatic carbocycles. The zero-order chi connectivity index (χ0) is 22.1. The van der Waals surface area contributed by atoms with Gasteiger partial charge in [-0.05, 0) is 54.6 Å². The molecule has 0 saturated carbocycles. The molecule has 0 bridgehead atoms. The van der Waals surface area contributed by atoms with Gasteiger partial charge in [0, 0.05) is 40.7 Å². The number of imide groups is 1. The third-order valence-electron chi connectivity index (χ3n) is 5.42. The molecule has 7 nitrogen and oxygen atoms in total. The van der Waals surface area contributed by atoms with E-state index in [-0.39, 0.29) is 30.7 Å². The van der Waals surface area contributed by atoms with Crippen LogP contribution in [0.15, 0.2) is 54.6 Å². The number of carbonyl (C=O) groups is 4. The van der Waals surface area contributed by atoms with Gasteiger partial charge in [0.25, 0.3) is 11.8 Å². The van der Waals surface area contributed by atoms with Crippen LogP contribution < -0.4 is 11.1 Å². The third-order valence-corrected chi connectivity index (χ3v) is 5.42. The number of amides is 4. The second-order valence-electron chi connectivity index (χ2n) is 7.52. The van der Waals surface area contributed by atoms with Crippen molar-refractivity contribution in [1.82, 2.24) is 4.90 Å². The topological polar surface area (TPSA) is 110 Å². The summed E-state index contributed by atoms with van der Waals surface area (Å²) in [7, 11) is 0. The van der Waals surface area contributed by atoms with E-state index in [1.807, 2.05) is 12.1 Å². The maximum atomic E-state index is 12.9. The summed E-state index contributed by atoms with van der Waals surface area (Å²) in [6, 6.07) is 15.6. The summed E-state index contributed by atoms with van der Waals surface area (Å²) in [6.07, 6.45) is 0.472. The lowest BCUT2D eigenvalue weighted by Crippen LogP contribution is -2.41. The molecular formula is C24H21N3O4. The van der Waals surface area contributed by atoms with Gasteiger partial charge in [-0.15, -0.1) is 0 Å². The molecule has 0 fully saturated rings. The fraction of sp³-hybridized carbons (Fsp3) is 0.167. The molecule has 0 saturated heterocycles. The molecule has 4 amide bonds. The normalized spacial score (nSPS) is 12.9. The Morgan fingerprint density at radius 2 is 1.61 bits per heavy atom. The average Bonchev–Trinajstić information content (AvgIpc) is 2.74. The molecule has 156 valence electrons. The van der Waals surface area contributed by atoms with E-state index in [1.54, 1.807) is 49.4 Å². The second kappa shape index (κ2) is 8.02. The first-order chi connectivity index (χ1) is 14.9. The molecule has 0 radical (unpaired) electrons. The van der Waals surface area contributed by atoms with Gasteiger partial charge in [-0.3, -0.25) is 24.1 Å². The van der Waals surface area contributed by atoms with Gasteiger partial charge in [0.05, 0.1) is 0 Å². The molecule has 7 heteroatoms. The largest absolute Gasteiger partial charge is 0.366 e. The number of anilines is 1. The van der Waals surface area contributed by atoms with Crippen molar-refractivity contribution < 1.29 is 19.2 Å². The van der Waals surface area contributed by atoms with Crippen molar-refractivity contribution in [3.05, 3.63) is 76.9 Å². The average molecular weight is 415 g/mol. The zero-order valence-electron chi connectivity index (χ0n) is 17.0. The molecule has 0 unspecified atom stereocenters. The molecule has 1 aliphatic rings. The van der Waals surface area contributed by atoms with Crippen LogP contribution in [0.3, 0.4) is 0 Å². The predicted molar refractivity (Wildman–Crippen MR) is 117 cm³/mol. The molecule has 3 N–H and O–H groups in total. The molecule has 4 rings (SSSR count). The van der Waals surface area contributed by atoms with E-state index >= 15 is 0 Å². The number of carbonyl (C=O) groups excluding carboxylic acids is 4. The minimum absolute atomic E-state index is 0.138. The highest BCUT2D eigenvalue weighted by Crippen LogP contribution is 2.30. The van der Waals surface area contributed by atoms with Crippen LogP contribution in [0.25, 0.3) is 10.8 Å². The van der Waals surface area contributed by atoms with Crippen LogP contribution in [0.4, 0.5) is 5.69 Å². The van der Waals surface area contributed by atoms with Crippen LogP contribution in [0.2, 0.25) is 0 Å². The first-order valence-corrected chi connectivity index (χ1v) is 9.95. The van der Waals surface area contributed by atoms with Crippen LogP contribution in [0, 0.1) is 6.92 Å². The lowest BCUT2D eigenvalue weighted by molar-refractivity contribution is -0.116. The summed E-state index contributed by atoms with van der Waals surface area (Å²) < 4.78 is 0. The summed E-state index contributed by atoms with van der Waals surface area (Å²) in [4.78, 5) is 50.6. The van der Waals surface area contributed by atoms with Crippen LogP contribution in [-0.2, 0) is 4.79 Å². The number of aryl methyl sites for hydroxylation is 1. The highest BCUT2D eigenvalue weighted by molar-refractivity contribution is 6.25. The summed E-state index contributed by atoms with van der Waals surface area (Å²) in [6.45, 7) is 1.89. The van der Waals surface area contributed by atoms with Crippen LogP contribution >= 0.6 is 0 Å². The summed E-state index contributed by atoms with van der Waals surface area (Å²) in [5.41, 5.74) is 7.92. The van der Waals surface area contributed by atoms with Gasteiger partial charge >= 0.3 is 0 Å². The van der Waals surface area contributed by atoms with Gasteiger partial charge in [-0.2, -0.15) is 0 Å². The maximum absolute atomic E-state index is 12.9. The van der Waals surface area contributed by atoms with E-state index in [0.29, 0.717) is 39.7 Å². The van der Waals surface area contributed by atoms with Gasteiger partial charge in [-0.1, -0.05) is 24.3 Å². The smallest absolute Gasteiger partial charge is 0.261 e. The molecule has 0 aliphatic carbocycles.